The molecule has 1 aromatic carbocycles. The van der Waals surface area contributed by atoms with Gasteiger partial charge in [0, 0.05) is 4.85 Å². The van der Waals surface area contributed by atoms with E-state index in [2.05, 4.69) is 10.4 Å². The molecular formula is C12H13FN4O2. The van der Waals surface area contributed by atoms with Crippen LogP contribution < -0.4 is 14.9 Å². The molecule has 2 aromatic rings. The van der Waals surface area contributed by atoms with Gasteiger partial charge in [0.15, 0.2) is 5.52 Å². The van der Waals surface area contributed by atoms with Crippen LogP contribution in [-0.2, 0) is 0 Å². The van der Waals surface area contributed by atoms with Crippen molar-refractivity contribution >= 4 is 17.0 Å². The fourth-order valence-corrected chi connectivity index (χ4v) is 2.46. The summed E-state index contributed by atoms with van der Waals surface area (Å²) in [5.41, 5.74) is 0.0267. The third-order valence-corrected chi connectivity index (χ3v) is 3.43. The van der Waals surface area contributed by atoms with Crippen molar-refractivity contribution in [2.75, 3.05) is 5.32 Å². The molecule has 0 aliphatic heterocycles. The molecule has 1 aliphatic carbocycles. The number of benzene rings is 1. The van der Waals surface area contributed by atoms with Gasteiger partial charge in [0.25, 0.3) is 0 Å². The van der Waals surface area contributed by atoms with Gasteiger partial charge in [-0.05, 0) is 37.8 Å². The van der Waals surface area contributed by atoms with Crippen LogP contribution in [0.15, 0.2) is 18.2 Å². The molecule has 1 aromatic heterocycles. The second-order valence-corrected chi connectivity index (χ2v) is 4.75. The van der Waals surface area contributed by atoms with E-state index in [4.69, 9.17) is 0 Å². The van der Waals surface area contributed by atoms with Crippen LogP contribution in [0.25, 0.3) is 11.0 Å². The van der Waals surface area contributed by atoms with Gasteiger partial charge in [0.05, 0.1) is 12.1 Å². The first kappa shape index (κ1) is 11.9. The first-order valence-corrected chi connectivity index (χ1v) is 6.24. The van der Waals surface area contributed by atoms with Crippen LogP contribution >= 0.6 is 0 Å². The number of rotatable bonds is 2. The standard InChI is InChI=1S/C12H13FN4O2/c13-8-5-6-10-11(7-8)17(19)15-12(16(10)18)14-9-3-1-2-4-9/h5-7,9H,1-4H2,(H,14,15). The summed E-state index contributed by atoms with van der Waals surface area (Å²) in [7, 11) is 0. The van der Waals surface area contributed by atoms with Crippen LogP contribution in [0.3, 0.4) is 0 Å². The molecule has 3 rings (SSSR count). The summed E-state index contributed by atoms with van der Waals surface area (Å²) < 4.78 is 13.6. The van der Waals surface area contributed by atoms with Crippen molar-refractivity contribution in [2.45, 2.75) is 31.7 Å². The van der Waals surface area contributed by atoms with E-state index in [1.807, 2.05) is 0 Å². The molecule has 0 radical (unpaired) electrons. The topological polar surface area (TPSA) is 78.8 Å². The lowest BCUT2D eigenvalue weighted by Crippen LogP contribution is -2.45. The van der Waals surface area contributed by atoms with Gasteiger partial charge >= 0.3 is 11.5 Å². The molecule has 1 N–H and O–H groups in total. The Kier molecular flexibility index (Phi) is 2.81. The molecule has 0 amide bonds. The number of hydrogen-bond acceptors (Lipinski definition) is 4. The maximum Gasteiger partial charge on any atom is 0.461 e. The van der Waals surface area contributed by atoms with Gasteiger partial charge in [-0.15, -0.1) is 0 Å². The summed E-state index contributed by atoms with van der Waals surface area (Å²) in [4.78, 5) is 0.282. The zero-order chi connectivity index (χ0) is 13.4. The van der Waals surface area contributed by atoms with Crippen molar-refractivity contribution in [1.29, 1.82) is 0 Å². The van der Waals surface area contributed by atoms with E-state index < -0.39 is 5.82 Å². The van der Waals surface area contributed by atoms with Gasteiger partial charge in [-0.2, -0.15) is 0 Å². The maximum absolute atomic E-state index is 13.1. The molecule has 0 atom stereocenters. The summed E-state index contributed by atoms with van der Waals surface area (Å²) in [6.07, 6.45) is 4.13. The number of nitrogens with one attached hydrogen (secondary N) is 1. The van der Waals surface area contributed by atoms with E-state index in [1.54, 1.807) is 0 Å². The van der Waals surface area contributed by atoms with Crippen LogP contribution in [0.4, 0.5) is 10.3 Å². The molecule has 100 valence electrons. The van der Waals surface area contributed by atoms with Gasteiger partial charge in [-0.25, -0.2) is 9.12 Å². The summed E-state index contributed by atoms with van der Waals surface area (Å²) in [5.74, 6) is -0.601. The van der Waals surface area contributed by atoms with Crippen LogP contribution in [-0.4, -0.2) is 11.1 Å². The fourth-order valence-electron chi connectivity index (χ4n) is 2.46. The second-order valence-electron chi connectivity index (χ2n) is 4.75. The van der Waals surface area contributed by atoms with E-state index in [-0.39, 0.29) is 27.9 Å². The monoisotopic (exact) mass is 264 g/mol. The summed E-state index contributed by atoms with van der Waals surface area (Å²) >= 11 is 0. The number of anilines is 1. The van der Waals surface area contributed by atoms with Crippen molar-refractivity contribution < 1.29 is 14.0 Å². The third-order valence-electron chi connectivity index (χ3n) is 3.43. The molecule has 6 nitrogen and oxygen atoms in total. The molecule has 0 spiro atoms. The second kappa shape index (κ2) is 4.49. The number of nitrogens with zero attached hydrogens (tertiary/aromatic N) is 3. The molecule has 7 heteroatoms. The summed E-state index contributed by atoms with van der Waals surface area (Å²) in [6, 6.07) is 3.61. The van der Waals surface area contributed by atoms with Gasteiger partial charge in [0.1, 0.15) is 5.82 Å². The normalized spacial score (nSPS) is 16.1. The van der Waals surface area contributed by atoms with E-state index in [9.17, 15) is 14.8 Å². The molecule has 0 unspecified atom stereocenters. The van der Waals surface area contributed by atoms with Gasteiger partial charge in [-0.1, -0.05) is 0 Å². The highest BCUT2D eigenvalue weighted by atomic mass is 19.1. The lowest BCUT2D eigenvalue weighted by atomic mass is 10.2. The minimum atomic E-state index is -0.574. The van der Waals surface area contributed by atoms with E-state index in [0.717, 1.165) is 37.8 Å². The van der Waals surface area contributed by atoms with Crippen molar-refractivity contribution in [2.24, 2.45) is 0 Å². The van der Waals surface area contributed by atoms with Crippen molar-refractivity contribution in [3.63, 3.8) is 0 Å². The molecule has 0 saturated heterocycles. The molecule has 1 saturated carbocycles. The lowest BCUT2D eigenvalue weighted by molar-refractivity contribution is -0.672. The van der Waals surface area contributed by atoms with Crippen LogP contribution in [0.2, 0.25) is 0 Å². The van der Waals surface area contributed by atoms with E-state index >= 15 is 0 Å². The Bertz CT molecular complexity index is 629. The van der Waals surface area contributed by atoms with Crippen LogP contribution in [0.1, 0.15) is 25.7 Å². The number of halogens is 1. The SMILES string of the molecule is [O-][n+]1nc(NC2CCCC2)[n+]([O-])c2ccc(F)cc21. The first-order valence-electron chi connectivity index (χ1n) is 6.24. The van der Waals surface area contributed by atoms with E-state index in [1.165, 1.54) is 6.07 Å². The third kappa shape index (κ3) is 2.11. The minimum Gasteiger partial charge on any atom is -0.739 e. The highest BCUT2D eigenvalue weighted by Crippen LogP contribution is 2.20. The lowest BCUT2D eigenvalue weighted by Gasteiger charge is -2.12. The Labute approximate surface area is 108 Å². The Morgan fingerprint density at radius 2 is 1.95 bits per heavy atom. The quantitative estimate of drug-likeness (QED) is 0.648. The largest absolute Gasteiger partial charge is 0.739 e. The number of aromatic nitrogens is 3. The molecular weight excluding hydrogens is 251 g/mol. The van der Waals surface area contributed by atoms with Crippen LogP contribution in [0.5, 0.6) is 0 Å². The van der Waals surface area contributed by atoms with Gasteiger partial charge in [-0.3, -0.25) is 5.32 Å². The highest BCUT2D eigenvalue weighted by molar-refractivity contribution is 5.67. The van der Waals surface area contributed by atoms with E-state index in [0.29, 0.717) is 4.73 Å². The molecule has 19 heavy (non-hydrogen) atoms. The maximum atomic E-state index is 13.1. The molecule has 1 heterocycles. The Hall–Kier alpha value is -2.18. The van der Waals surface area contributed by atoms with Crippen molar-refractivity contribution in [1.82, 2.24) is 5.10 Å². The number of hydrogen-bond donors (Lipinski definition) is 1. The highest BCUT2D eigenvalue weighted by Gasteiger charge is 2.25. The van der Waals surface area contributed by atoms with Gasteiger partial charge in [0.2, 0.25) is 5.10 Å². The van der Waals surface area contributed by atoms with Crippen LogP contribution in [0, 0.1) is 16.2 Å². The van der Waals surface area contributed by atoms with Gasteiger partial charge < -0.3 is 10.4 Å². The fraction of sp³-hybridized carbons (Fsp3) is 0.417. The Morgan fingerprint density at radius 1 is 1.21 bits per heavy atom. The average molecular weight is 264 g/mol. The molecule has 1 fully saturated rings. The smallest absolute Gasteiger partial charge is 0.461 e. The molecule has 0 bridgehead atoms. The Balaban J connectivity index is 2.05. The van der Waals surface area contributed by atoms with Crippen molar-refractivity contribution in [3.8, 4) is 0 Å². The zero-order valence-corrected chi connectivity index (χ0v) is 10.2. The number of fused-ring (bicyclic) bond motifs is 1. The predicted octanol–water partition coefficient (Wildman–Crippen LogP) is 0.995. The average Bonchev–Trinajstić information content (AvgIpc) is 2.88. The molecule has 1 aliphatic rings. The Morgan fingerprint density at radius 3 is 2.68 bits per heavy atom. The summed E-state index contributed by atoms with van der Waals surface area (Å²) in [5, 5.41) is 30.4. The summed E-state index contributed by atoms with van der Waals surface area (Å²) in [6.45, 7) is 0. The zero-order valence-electron chi connectivity index (χ0n) is 10.2. The predicted molar refractivity (Wildman–Crippen MR) is 65.5 cm³/mol. The first-order chi connectivity index (χ1) is 9.15. The van der Waals surface area contributed by atoms with Crippen molar-refractivity contribution in [3.05, 3.63) is 34.4 Å². The minimum absolute atomic E-state index is 0.0268.